The van der Waals surface area contributed by atoms with Crippen LogP contribution in [0.1, 0.15) is 30.4 Å². The van der Waals surface area contributed by atoms with E-state index in [2.05, 4.69) is 5.32 Å². The zero-order valence-electron chi connectivity index (χ0n) is 18.4. The van der Waals surface area contributed by atoms with Crippen molar-refractivity contribution >= 4 is 23.4 Å². The lowest BCUT2D eigenvalue weighted by Crippen LogP contribution is -2.45. The van der Waals surface area contributed by atoms with E-state index in [-0.39, 0.29) is 50.0 Å². The molecule has 0 spiro atoms. The van der Waals surface area contributed by atoms with Crippen molar-refractivity contribution in [3.8, 4) is 0 Å². The van der Waals surface area contributed by atoms with Crippen LogP contribution in [-0.4, -0.2) is 47.8 Å². The Hall–Kier alpha value is -3.40. The monoisotopic (exact) mass is 474 g/mol. The van der Waals surface area contributed by atoms with Crippen LogP contribution in [0.25, 0.3) is 0 Å². The molecule has 1 aliphatic carbocycles. The fourth-order valence-corrected chi connectivity index (χ4v) is 3.97. The number of halogens is 3. The molecule has 2 aromatic carbocycles. The summed E-state index contributed by atoms with van der Waals surface area (Å²) in [5.74, 6) is -4.56. The smallest absolute Gasteiger partial charge is 0.247 e. The Labute approximate surface area is 194 Å². The minimum atomic E-state index is -1.30. The second-order valence-electron chi connectivity index (χ2n) is 8.73. The number of nitrogens with two attached hydrogens (primary N) is 1. The molecule has 0 aromatic heterocycles. The van der Waals surface area contributed by atoms with Gasteiger partial charge in [-0.2, -0.15) is 0 Å². The standard InChI is InChI=1S/C24H25F3N4O3/c25-18-10-20(27)19(26)8-15(18)7-16(28)9-23(33)30-11-14-3-1-2-4-21(14)31(24(34)13-30)12-22(32)29-17-5-6-17/h1-4,8,10,16-17H,5-7,9,11-13,28H2,(H,29,32)/t16-/m1/s1. The molecule has 3 N–H and O–H groups in total. The van der Waals surface area contributed by atoms with E-state index in [1.54, 1.807) is 24.3 Å². The number of benzene rings is 2. The molecule has 1 atom stereocenters. The summed E-state index contributed by atoms with van der Waals surface area (Å²) in [4.78, 5) is 41.0. The van der Waals surface area contributed by atoms with Crippen LogP contribution in [0.2, 0.25) is 0 Å². The van der Waals surface area contributed by atoms with Gasteiger partial charge in [-0.25, -0.2) is 13.2 Å². The van der Waals surface area contributed by atoms with E-state index in [0.717, 1.165) is 18.9 Å². The fourth-order valence-electron chi connectivity index (χ4n) is 3.97. The highest BCUT2D eigenvalue weighted by atomic mass is 19.2. The van der Waals surface area contributed by atoms with Crippen molar-refractivity contribution in [3.63, 3.8) is 0 Å². The van der Waals surface area contributed by atoms with E-state index in [0.29, 0.717) is 17.3 Å². The molecule has 2 aromatic rings. The van der Waals surface area contributed by atoms with Crippen molar-refractivity contribution in [2.24, 2.45) is 5.73 Å². The van der Waals surface area contributed by atoms with E-state index in [1.165, 1.54) is 9.80 Å². The predicted octanol–water partition coefficient (Wildman–Crippen LogP) is 2.02. The first-order valence-corrected chi connectivity index (χ1v) is 11.1. The van der Waals surface area contributed by atoms with Crippen LogP contribution in [0.4, 0.5) is 18.9 Å². The number of carbonyl (C=O) groups is 3. The number of carbonyl (C=O) groups excluding carboxylic acids is 3. The van der Waals surface area contributed by atoms with Gasteiger partial charge in [-0.3, -0.25) is 14.4 Å². The van der Waals surface area contributed by atoms with Crippen molar-refractivity contribution < 1.29 is 27.6 Å². The molecule has 4 rings (SSSR count). The molecule has 0 saturated heterocycles. The van der Waals surface area contributed by atoms with Gasteiger partial charge in [-0.05, 0) is 42.5 Å². The third kappa shape index (κ3) is 5.56. The summed E-state index contributed by atoms with van der Waals surface area (Å²) in [6.45, 7) is -0.270. The summed E-state index contributed by atoms with van der Waals surface area (Å²) in [5, 5.41) is 2.86. The second kappa shape index (κ2) is 9.84. The van der Waals surface area contributed by atoms with Crippen molar-refractivity contribution in [3.05, 3.63) is 65.0 Å². The van der Waals surface area contributed by atoms with Crippen molar-refractivity contribution in [2.45, 2.75) is 44.3 Å². The highest BCUT2D eigenvalue weighted by Gasteiger charge is 2.32. The molecule has 34 heavy (non-hydrogen) atoms. The van der Waals surface area contributed by atoms with Crippen LogP contribution >= 0.6 is 0 Å². The number of para-hydroxylation sites is 1. The summed E-state index contributed by atoms with van der Waals surface area (Å²) < 4.78 is 40.6. The van der Waals surface area contributed by atoms with Crippen molar-refractivity contribution in [1.82, 2.24) is 10.2 Å². The number of nitrogens with one attached hydrogen (secondary N) is 1. The number of amides is 3. The van der Waals surface area contributed by atoms with E-state index in [1.807, 2.05) is 0 Å². The van der Waals surface area contributed by atoms with Crippen LogP contribution in [0.3, 0.4) is 0 Å². The summed E-state index contributed by atoms with van der Waals surface area (Å²) in [6.07, 6.45) is 1.44. The van der Waals surface area contributed by atoms with Crippen LogP contribution in [0.15, 0.2) is 36.4 Å². The fraction of sp³-hybridized carbons (Fsp3) is 0.375. The molecule has 1 aliphatic heterocycles. The van der Waals surface area contributed by atoms with Gasteiger partial charge in [0, 0.05) is 36.8 Å². The normalized spacial score (nSPS) is 16.6. The van der Waals surface area contributed by atoms with Crippen LogP contribution < -0.4 is 16.0 Å². The lowest BCUT2D eigenvalue weighted by atomic mass is 10.0. The highest BCUT2D eigenvalue weighted by molar-refractivity contribution is 6.02. The Morgan fingerprint density at radius 3 is 2.50 bits per heavy atom. The van der Waals surface area contributed by atoms with Crippen molar-refractivity contribution in [2.75, 3.05) is 18.0 Å². The Balaban J connectivity index is 1.45. The minimum absolute atomic E-state index is 0.133. The molecule has 180 valence electrons. The van der Waals surface area contributed by atoms with E-state index < -0.39 is 35.3 Å². The van der Waals surface area contributed by atoms with Gasteiger partial charge in [0.1, 0.15) is 18.9 Å². The molecule has 3 amide bonds. The molecular formula is C24H25F3N4O3. The molecule has 1 fully saturated rings. The SMILES string of the molecule is N[C@@H](CC(=O)N1CC(=O)N(CC(=O)NC2CC2)c2ccccc2C1)Cc1cc(F)c(F)cc1F. The molecule has 10 heteroatoms. The van der Waals surface area contributed by atoms with Gasteiger partial charge in [0.15, 0.2) is 11.6 Å². The van der Waals surface area contributed by atoms with Crippen LogP contribution in [0.5, 0.6) is 0 Å². The van der Waals surface area contributed by atoms with Crippen molar-refractivity contribution in [1.29, 1.82) is 0 Å². The molecule has 0 unspecified atom stereocenters. The van der Waals surface area contributed by atoms with Gasteiger partial charge in [-0.1, -0.05) is 18.2 Å². The minimum Gasteiger partial charge on any atom is -0.352 e. The number of nitrogens with zero attached hydrogens (tertiary/aromatic N) is 2. The van der Waals surface area contributed by atoms with E-state index >= 15 is 0 Å². The Morgan fingerprint density at radius 2 is 1.76 bits per heavy atom. The van der Waals surface area contributed by atoms with E-state index in [9.17, 15) is 27.6 Å². The summed E-state index contributed by atoms with van der Waals surface area (Å²) in [7, 11) is 0. The third-order valence-corrected chi connectivity index (χ3v) is 5.88. The zero-order valence-corrected chi connectivity index (χ0v) is 18.4. The summed E-state index contributed by atoms with van der Waals surface area (Å²) >= 11 is 0. The number of hydrogen-bond donors (Lipinski definition) is 2. The van der Waals surface area contributed by atoms with E-state index in [4.69, 9.17) is 5.73 Å². The lowest BCUT2D eigenvalue weighted by molar-refractivity contribution is -0.136. The third-order valence-electron chi connectivity index (χ3n) is 5.88. The summed E-state index contributed by atoms with van der Waals surface area (Å²) in [5.41, 5.74) is 7.12. The average Bonchev–Trinajstić information content (AvgIpc) is 3.60. The van der Waals surface area contributed by atoms with Crippen LogP contribution in [0, 0.1) is 17.5 Å². The first-order valence-electron chi connectivity index (χ1n) is 11.1. The second-order valence-corrected chi connectivity index (χ2v) is 8.73. The van der Waals surface area contributed by atoms with Gasteiger partial charge >= 0.3 is 0 Å². The number of hydrogen-bond acceptors (Lipinski definition) is 4. The molecule has 1 heterocycles. The maximum atomic E-state index is 13.9. The number of fused-ring (bicyclic) bond motifs is 1. The lowest BCUT2D eigenvalue weighted by Gasteiger charge is -2.23. The van der Waals surface area contributed by atoms with Gasteiger partial charge in [0.05, 0.1) is 0 Å². The highest BCUT2D eigenvalue weighted by Crippen LogP contribution is 2.26. The molecule has 0 radical (unpaired) electrons. The topological polar surface area (TPSA) is 95.7 Å². The Bertz CT molecular complexity index is 1120. The molecule has 1 saturated carbocycles. The average molecular weight is 474 g/mol. The van der Waals surface area contributed by atoms with Gasteiger partial charge in [-0.15, -0.1) is 0 Å². The molecule has 0 bridgehead atoms. The van der Waals surface area contributed by atoms with Gasteiger partial charge < -0.3 is 20.9 Å². The predicted molar refractivity (Wildman–Crippen MR) is 118 cm³/mol. The number of rotatable bonds is 7. The quantitative estimate of drug-likeness (QED) is 0.601. The molecule has 7 nitrogen and oxygen atoms in total. The maximum Gasteiger partial charge on any atom is 0.247 e. The zero-order chi connectivity index (χ0) is 24.4. The Morgan fingerprint density at radius 1 is 1.06 bits per heavy atom. The summed E-state index contributed by atoms with van der Waals surface area (Å²) in [6, 6.07) is 7.48. The number of anilines is 1. The molecular weight excluding hydrogens is 449 g/mol. The first kappa shape index (κ1) is 23.7. The maximum absolute atomic E-state index is 13.9. The van der Waals surface area contributed by atoms with Gasteiger partial charge in [0.25, 0.3) is 0 Å². The molecule has 2 aliphatic rings. The Kier molecular flexibility index (Phi) is 6.87. The largest absolute Gasteiger partial charge is 0.352 e. The van der Waals surface area contributed by atoms with Gasteiger partial charge in [0.2, 0.25) is 17.7 Å². The van der Waals surface area contributed by atoms with Crippen LogP contribution in [-0.2, 0) is 27.3 Å². The first-order chi connectivity index (χ1) is 16.2.